The van der Waals surface area contributed by atoms with Gasteiger partial charge in [0.25, 0.3) is 12.3 Å². The van der Waals surface area contributed by atoms with Crippen molar-refractivity contribution in [2.45, 2.75) is 24.2 Å². The molecule has 7 nitrogen and oxygen atoms in total. The summed E-state index contributed by atoms with van der Waals surface area (Å²) in [5.41, 5.74) is 2.91. The monoisotopic (exact) mass is 491 g/mol. The maximum atomic E-state index is 14.9. The number of nitrogens with two attached hydrogens (primary N) is 1. The molecule has 0 spiro atoms. The third kappa shape index (κ3) is 4.36. The van der Waals surface area contributed by atoms with Crippen molar-refractivity contribution in [3.05, 3.63) is 53.4 Å². The highest BCUT2D eigenvalue weighted by Gasteiger charge is 2.62. The van der Waals surface area contributed by atoms with E-state index < -0.39 is 54.2 Å². The van der Waals surface area contributed by atoms with Gasteiger partial charge in [-0.25, -0.2) is 23.1 Å². The Hall–Kier alpha value is -2.87. The first kappa shape index (κ1) is 23.3. The number of amides is 1. The molecule has 3 atom stereocenters. The molecule has 176 valence electrons. The van der Waals surface area contributed by atoms with Crippen molar-refractivity contribution >= 4 is 28.5 Å². The van der Waals surface area contributed by atoms with E-state index in [1.807, 2.05) is 0 Å². The molecule has 14 heteroatoms. The van der Waals surface area contributed by atoms with Crippen molar-refractivity contribution < 1.29 is 35.9 Å². The smallest absolute Gasteiger partial charge is 0.379 e. The van der Waals surface area contributed by atoms with Gasteiger partial charge in [-0.3, -0.25) is 9.78 Å². The Morgan fingerprint density at radius 3 is 2.67 bits per heavy atom. The summed E-state index contributed by atoms with van der Waals surface area (Å²) in [5.74, 6) is -3.04. The average molecular weight is 491 g/mol. The number of carbonyl (C=O) groups is 1. The number of nitrogens with zero attached hydrogens (tertiary/aromatic N) is 3. The second-order valence-corrected chi connectivity index (χ2v) is 8.38. The minimum atomic E-state index is -4.69. The summed E-state index contributed by atoms with van der Waals surface area (Å²) in [4.78, 5) is 23.6. The number of hydrogen-bond acceptors (Lipinski definition) is 7. The first-order chi connectivity index (χ1) is 15.5. The molecule has 3 heterocycles. The van der Waals surface area contributed by atoms with Crippen molar-refractivity contribution in [2.24, 2.45) is 16.6 Å². The van der Waals surface area contributed by atoms with Crippen molar-refractivity contribution in [3.8, 4) is 0 Å². The normalized spacial score (nSPS) is 25.0. The Morgan fingerprint density at radius 2 is 2.03 bits per heavy atom. The van der Waals surface area contributed by atoms with E-state index in [9.17, 15) is 31.1 Å². The molecule has 4 rings (SSSR count). The van der Waals surface area contributed by atoms with Crippen LogP contribution in [0.2, 0.25) is 0 Å². The number of thioether (sulfide) groups is 1. The maximum absolute atomic E-state index is 14.9. The molecule has 0 unspecified atom stereocenters. The molecule has 3 N–H and O–H groups in total. The van der Waals surface area contributed by atoms with Gasteiger partial charge in [-0.15, -0.1) is 0 Å². The molecule has 2 aromatic rings. The second kappa shape index (κ2) is 8.48. The number of alkyl halides is 5. The first-order valence-corrected chi connectivity index (χ1v) is 10.4. The number of ether oxygens (including phenoxy) is 1. The minimum absolute atomic E-state index is 0.0130. The number of halogens is 6. The van der Waals surface area contributed by atoms with Gasteiger partial charge in [0.15, 0.2) is 11.3 Å². The van der Waals surface area contributed by atoms with Crippen LogP contribution >= 0.6 is 11.8 Å². The number of aliphatic imine (C=N–C) groups is 1. The van der Waals surface area contributed by atoms with Crippen LogP contribution in [0.1, 0.15) is 28.2 Å². The third-order valence-electron chi connectivity index (χ3n) is 5.32. The Kier molecular flexibility index (Phi) is 5.99. The van der Waals surface area contributed by atoms with Crippen LogP contribution in [-0.4, -0.2) is 45.7 Å². The van der Waals surface area contributed by atoms with E-state index in [1.165, 1.54) is 6.07 Å². The zero-order valence-corrected chi connectivity index (χ0v) is 17.3. The topological polar surface area (TPSA) is 102 Å². The van der Waals surface area contributed by atoms with E-state index in [0.29, 0.717) is 0 Å². The standard InChI is InChI=1S/C19H15F6N5O2S/c20-11-2-1-8(29-16(31)13-5-27-12(4-28-13)15(21)22)3-9(11)18-7-32-14(19(23,24)25)10(18)6-33-17(26)30-18/h1-5,10,14-15H,6-7H2,(H2,26,30)(H,29,31)/t10-,14+,18-/m1/s1. The lowest BCUT2D eigenvalue weighted by Crippen LogP contribution is -2.46. The average Bonchev–Trinajstić information content (AvgIpc) is 3.15. The third-order valence-corrected chi connectivity index (χ3v) is 6.24. The van der Waals surface area contributed by atoms with Gasteiger partial charge in [0.1, 0.15) is 22.7 Å². The lowest BCUT2D eigenvalue weighted by molar-refractivity contribution is -0.215. The summed E-state index contributed by atoms with van der Waals surface area (Å²) >= 11 is 0.916. The van der Waals surface area contributed by atoms with Crippen LogP contribution in [0.25, 0.3) is 0 Å². The number of amidine groups is 1. The molecule has 1 amide bonds. The van der Waals surface area contributed by atoms with Gasteiger partial charge >= 0.3 is 6.18 Å². The zero-order valence-electron chi connectivity index (χ0n) is 16.4. The Morgan fingerprint density at radius 1 is 1.27 bits per heavy atom. The lowest BCUT2D eigenvalue weighted by Gasteiger charge is -2.36. The van der Waals surface area contributed by atoms with E-state index in [1.54, 1.807) is 0 Å². The van der Waals surface area contributed by atoms with Gasteiger partial charge in [-0.2, -0.15) is 13.2 Å². The van der Waals surface area contributed by atoms with Gasteiger partial charge in [-0.05, 0) is 18.2 Å². The van der Waals surface area contributed by atoms with Crippen LogP contribution in [0.3, 0.4) is 0 Å². The summed E-state index contributed by atoms with van der Waals surface area (Å²) in [6.45, 7) is -0.558. The number of benzene rings is 1. The number of rotatable bonds is 4. The highest BCUT2D eigenvalue weighted by molar-refractivity contribution is 8.13. The molecule has 2 aliphatic heterocycles. The molecular formula is C19H15F6N5O2S. The van der Waals surface area contributed by atoms with Gasteiger partial charge in [0.2, 0.25) is 0 Å². The summed E-state index contributed by atoms with van der Waals surface area (Å²) in [7, 11) is 0. The number of anilines is 1. The molecule has 33 heavy (non-hydrogen) atoms. The molecule has 0 saturated carbocycles. The van der Waals surface area contributed by atoms with Crippen molar-refractivity contribution in [3.63, 3.8) is 0 Å². The van der Waals surface area contributed by atoms with Gasteiger partial charge in [0.05, 0.1) is 19.0 Å². The van der Waals surface area contributed by atoms with Crippen molar-refractivity contribution in [1.82, 2.24) is 9.97 Å². The van der Waals surface area contributed by atoms with Gasteiger partial charge in [0, 0.05) is 22.9 Å². The van der Waals surface area contributed by atoms with E-state index in [4.69, 9.17) is 10.5 Å². The molecule has 0 bridgehead atoms. The predicted molar refractivity (Wildman–Crippen MR) is 106 cm³/mol. The number of aromatic nitrogens is 2. The van der Waals surface area contributed by atoms with E-state index in [2.05, 4.69) is 20.3 Å². The van der Waals surface area contributed by atoms with E-state index in [0.717, 1.165) is 36.3 Å². The fraction of sp³-hybridized carbons (Fsp3) is 0.368. The molecule has 1 fully saturated rings. The van der Waals surface area contributed by atoms with Gasteiger partial charge in [-0.1, -0.05) is 11.8 Å². The van der Waals surface area contributed by atoms with Crippen LogP contribution < -0.4 is 11.1 Å². The lowest BCUT2D eigenvalue weighted by atomic mass is 9.78. The van der Waals surface area contributed by atoms with Crippen LogP contribution in [-0.2, 0) is 10.3 Å². The van der Waals surface area contributed by atoms with E-state index >= 15 is 0 Å². The number of hydrogen-bond donors (Lipinski definition) is 2. The molecule has 2 aliphatic rings. The number of fused-ring (bicyclic) bond motifs is 1. The van der Waals surface area contributed by atoms with Gasteiger partial charge < -0.3 is 15.8 Å². The SMILES string of the molecule is NC1=N[C@@]2(c3cc(NC(=O)c4cnc(C(F)F)cn4)ccc3F)CO[C@H](C(F)(F)F)[C@H]2CS1. The number of nitrogens with one attached hydrogen (secondary N) is 1. The Balaban J connectivity index is 1.66. The Bertz CT molecular complexity index is 1100. The molecule has 1 aromatic carbocycles. The molecule has 0 radical (unpaired) electrons. The van der Waals surface area contributed by atoms with Crippen LogP contribution in [0.5, 0.6) is 0 Å². The predicted octanol–water partition coefficient (Wildman–Crippen LogP) is 3.64. The quantitative estimate of drug-likeness (QED) is 0.634. The fourth-order valence-electron chi connectivity index (χ4n) is 3.79. The molecule has 1 saturated heterocycles. The van der Waals surface area contributed by atoms with Crippen LogP contribution in [0.15, 0.2) is 35.6 Å². The number of carbonyl (C=O) groups excluding carboxylic acids is 1. The second-order valence-electron chi connectivity index (χ2n) is 7.34. The largest absolute Gasteiger partial charge is 0.415 e. The summed E-state index contributed by atoms with van der Waals surface area (Å²) in [6, 6.07) is 3.30. The van der Waals surface area contributed by atoms with Crippen LogP contribution in [0.4, 0.5) is 32.0 Å². The molecular weight excluding hydrogens is 476 g/mol. The van der Waals surface area contributed by atoms with Crippen LogP contribution in [0, 0.1) is 11.7 Å². The Labute approximate surface area is 186 Å². The summed E-state index contributed by atoms with van der Waals surface area (Å²) in [6.07, 6.45) is -8.14. The summed E-state index contributed by atoms with van der Waals surface area (Å²) in [5, 5.41) is 2.39. The highest BCUT2D eigenvalue weighted by Crippen LogP contribution is 2.52. The minimum Gasteiger partial charge on any atom is -0.379 e. The van der Waals surface area contributed by atoms with E-state index in [-0.39, 0.29) is 27.9 Å². The maximum Gasteiger partial charge on any atom is 0.415 e. The van der Waals surface area contributed by atoms with Crippen molar-refractivity contribution in [1.29, 1.82) is 0 Å². The fourth-order valence-corrected chi connectivity index (χ4v) is 4.82. The molecule has 1 aromatic heterocycles. The highest BCUT2D eigenvalue weighted by atomic mass is 32.2. The molecule has 0 aliphatic carbocycles. The zero-order chi connectivity index (χ0) is 24.0. The summed E-state index contributed by atoms with van der Waals surface area (Å²) < 4.78 is 85.6. The van der Waals surface area contributed by atoms with Crippen molar-refractivity contribution in [2.75, 3.05) is 17.7 Å². The first-order valence-electron chi connectivity index (χ1n) is 9.39.